The van der Waals surface area contributed by atoms with Gasteiger partial charge >= 0.3 is 0 Å². The standard InChI is InChI=1S/C13H17BrClNO/c1-8-4-5-11(15)6-12(8)13(17)16-10(3)9(2)7-14/h4-6,9-10H,7H2,1-3H3,(H,16,17). The van der Waals surface area contributed by atoms with Gasteiger partial charge in [0, 0.05) is 22.0 Å². The number of amides is 1. The van der Waals surface area contributed by atoms with Crippen molar-refractivity contribution in [3.05, 3.63) is 34.3 Å². The van der Waals surface area contributed by atoms with Gasteiger partial charge in [-0.3, -0.25) is 4.79 Å². The largest absolute Gasteiger partial charge is 0.349 e. The summed E-state index contributed by atoms with van der Waals surface area (Å²) in [7, 11) is 0. The fourth-order valence-corrected chi connectivity index (χ4v) is 2.13. The molecule has 0 aliphatic heterocycles. The second kappa shape index (κ2) is 6.41. The van der Waals surface area contributed by atoms with Crippen molar-refractivity contribution in [3.8, 4) is 0 Å². The van der Waals surface area contributed by atoms with Crippen LogP contribution in [0.2, 0.25) is 5.02 Å². The van der Waals surface area contributed by atoms with E-state index in [9.17, 15) is 4.79 Å². The Bertz CT molecular complexity index is 408. The predicted octanol–water partition coefficient (Wildman–Crippen LogP) is 3.80. The van der Waals surface area contributed by atoms with Crippen molar-refractivity contribution in [1.82, 2.24) is 5.32 Å². The third-order valence-corrected chi connectivity index (χ3v) is 4.16. The lowest BCUT2D eigenvalue weighted by Crippen LogP contribution is -2.37. The summed E-state index contributed by atoms with van der Waals surface area (Å²) in [6.45, 7) is 6.00. The number of halogens is 2. The summed E-state index contributed by atoms with van der Waals surface area (Å²) < 4.78 is 0. The molecule has 0 radical (unpaired) electrons. The van der Waals surface area contributed by atoms with Crippen LogP contribution in [0.5, 0.6) is 0 Å². The van der Waals surface area contributed by atoms with Gasteiger partial charge in [-0.05, 0) is 37.5 Å². The fourth-order valence-electron chi connectivity index (χ4n) is 1.40. The molecule has 0 saturated carbocycles. The van der Waals surface area contributed by atoms with Crippen molar-refractivity contribution in [3.63, 3.8) is 0 Å². The number of benzene rings is 1. The SMILES string of the molecule is Cc1ccc(Cl)cc1C(=O)NC(C)C(C)CBr. The lowest BCUT2D eigenvalue weighted by molar-refractivity contribution is 0.0930. The van der Waals surface area contributed by atoms with Crippen molar-refractivity contribution in [1.29, 1.82) is 0 Å². The van der Waals surface area contributed by atoms with Crippen molar-refractivity contribution in [2.45, 2.75) is 26.8 Å². The molecule has 0 saturated heterocycles. The summed E-state index contributed by atoms with van der Waals surface area (Å²) in [5.74, 6) is 0.323. The maximum Gasteiger partial charge on any atom is 0.251 e. The Morgan fingerprint density at radius 1 is 1.47 bits per heavy atom. The molecule has 2 atom stereocenters. The van der Waals surface area contributed by atoms with Crippen LogP contribution in [0, 0.1) is 12.8 Å². The Kier molecular flexibility index (Phi) is 5.47. The minimum absolute atomic E-state index is 0.0645. The van der Waals surface area contributed by atoms with Gasteiger partial charge < -0.3 is 5.32 Å². The number of carbonyl (C=O) groups is 1. The van der Waals surface area contributed by atoms with Crippen LogP contribution in [0.3, 0.4) is 0 Å². The van der Waals surface area contributed by atoms with Gasteiger partial charge in [-0.1, -0.05) is 40.5 Å². The Morgan fingerprint density at radius 3 is 2.71 bits per heavy atom. The average molecular weight is 319 g/mol. The Labute approximate surface area is 116 Å². The zero-order valence-electron chi connectivity index (χ0n) is 10.3. The summed E-state index contributed by atoms with van der Waals surface area (Å²) in [4.78, 5) is 12.1. The average Bonchev–Trinajstić information content (AvgIpc) is 2.30. The topological polar surface area (TPSA) is 29.1 Å². The Balaban J connectivity index is 2.79. The molecular formula is C13H17BrClNO. The zero-order chi connectivity index (χ0) is 13.0. The van der Waals surface area contributed by atoms with E-state index in [2.05, 4.69) is 28.2 Å². The molecule has 2 nitrogen and oxygen atoms in total. The molecule has 17 heavy (non-hydrogen) atoms. The second-order valence-electron chi connectivity index (χ2n) is 4.35. The molecule has 0 heterocycles. The highest BCUT2D eigenvalue weighted by Gasteiger charge is 2.16. The normalized spacial score (nSPS) is 14.2. The minimum atomic E-state index is -0.0645. The molecule has 94 valence electrons. The Hall–Kier alpha value is -0.540. The molecule has 0 fully saturated rings. The molecular weight excluding hydrogens is 302 g/mol. The molecule has 1 aromatic rings. The molecule has 1 amide bonds. The molecule has 2 unspecified atom stereocenters. The maximum atomic E-state index is 12.1. The quantitative estimate of drug-likeness (QED) is 0.841. The van der Waals surface area contributed by atoms with Gasteiger partial charge in [0.05, 0.1) is 0 Å². The van der Waals surface area contributed by atoms with Gasteiger partial charge in [-0.15, -0.1) is 0 Å². The van der Waals surface area contributed by atoms with Gasteiger partial charge in [0.2, 0.25) is 0 Å². The highest BCUT2D eigenvalue weighted by molar-refractivity contribution is 9.09. The van der Waals surface area contributed by atoms with Crippen LogP contribution in [0.25, 0.3) is 0 Å². The van der Waals surface area contributed by atoms with Crippen LogP contribution in [-0.4, -0.2) is 17.3 Å². The van der Waals surface area contributed by atoms with E-state index >= 15 is 0 Å². The molecule has 0 aliphatic carbocycles. The molecule has 1 N–H and O–H groups in total. The van der Waals surface area contributed by atoms with E-state index in [0.29, 0.717) is 16.5 Å². The number of carbonyl (C=O) groups excluding carboxylic acids is 1. The summed E-state index contributed by atoms with van der Waals surface area (Å²) in [5.41, 5.74) is 1.58. The summed E-state index contributed by atoms with van der Waals surface area (Å²) in [6, 6.07) is 5.48. The number of rotatable bonds is 4. The van der Waals surface area contributed by atoms with Crippen LogP contribution >= 0.6 is 27.5 Å². The van der Waals surface area contributed by atoms with E-state index in [1.165, 1.54) is 0 Å². The summed E-state index contributed by atoms with van der Waals surface area (Å²) in [6.07, 6.45) is 0. The van der Waals surface area contributed by atoms with Crippen molar-refractivity contribution < 1.29 is 4.79 Å². The number of nitrogens with one attached hydrogen (secondary N) is 1. The minimum Gasteiger partial charge on any atom is -0.349 e. The number of hydrogen-bond acceptors (Lipinski definition) is 1. The van der Waals surface area contributed by atoms with Crippen LogP contribution in [0.15, 0.2) is 18.2 Å². The van der Waals surface area contributed by atoms with Crippen LogP contribution in [-0.2, 0) is 0 Å². The van der Waals surface area contributed by atoms with Gasteiger partial charge in [0.25, 0.3) is 5.91 Å². The predicted molar refractivity (Wildman–Crippen MR) is 76.1 cm³/mol. The van der Waals surface area contributed by atoms with E-state index in [0.717, 1.165) is 10.9 Å². The molecule has 0 aliphatic rings. The lowest BCUT2D eigenvalue weighted by Gasteiger charge is -2.19. The van der Waals surface area contributed by atoms with Crippen molar-refractivity contribution >= 4 is 33.4 Å². The molecule has 0 aromatic heterocycles. The zero-order valence-corrected chi connectivity index (χ0v) is 12.6. The first-order chi connectivity index (χ1) is 7.95. The summed E-state index contributed by atoms with van der Waals surface area (Å²) >= 11 is 9.31. The first-order valence-electron chi connectivity index (χ1n) is 5.58. The van der Waals surface area contributed by atoms with Crippen LogP contribution in [0.1, 0.15) is 29.8 Å². The summed E-state index contributed by atoms with van der Waals surface area (Å²) in [5, 5.41) is 4.44. The van der Waals surface area contributed by atoms with E-state index in [1.54, 1.807) is 12.1 Å². The molecule has 0 spiro atoms. The smallest absolute Gasteiger partial charge is 0.251 e. The van der Waals surface area contributed by atoms with E-state index < -0.39 is 0 Å². The van der Waals surface area contributed by atoms with E-state index in [-0.39, 0.29) is 11.9 Å². The number of aryl methyl sites for hydroxylation is 1. The van der Waals surface area contributed by atoms with Gasteiger partial charge in [0.15, 0.2) is 0 Å². The molecule has 4 heteroatoms. The fraction of sp³-hybridized carbons (Fsp3) is 0.462. The highest BCUT2D eigenvalue weighted by atomic mass is 79.9. The molecule has 0 bridgehead atoms. The number of alkyl halides is 1. The first-order valence-corrected chi connectivity index (χ1v) is 7.08. The highest BCUT2D eigenvalue weighted by Crippen LogP contribution is 2.16. The number of hydrogen-bond donors (Lipinski definition) is 1. The van der Waals surface area contributed by atoms with Crippen LogP contribution < -0.4 is 5.32 Å². The molecule has 1 aromatic carbocycles. The van der Waals surface area contributed by atoms with Gasteiger partial charge in [0.1, 0.15) is 0 Å². The monoisotopic (exact) mass is 317 g/mol. The second-order valence-corrected chi connectivity index (χ2v) is 5.44. The van der Waals surface area contributed by atoms with E-state index in [4.69, 9.17) is 11.6 Å². The van der Waals surface area contributed by atoms with Crippen molar-refractivity contribution in [2.75, 3.05) is 5.33 Å². The van der Waals surface area contributed by atoms with Gasteiger partial charge in [-0.2, -0.15) is 0 Å². The van der Waals surface area contributed by atoms with Crippen LogP contribution in [0.4, 0.5) is 0 Å². The van der Waals surface area contributed by atoms with E-state index in [1.807, 2.05) is 19.9 Å². The third kappa shape index (κ3) is 4.00. The first kappa shape index (κ1) is 14.5. The Morgan fingerprint density at radius 2 is 2.12 bits per heavy atom. The maximum absolute atomic E-state index is 12.1. The molecule has 1 rings (SSSR count). The van der Waals surface area contributed by atoms with Gasteiger partial charge in [-0.25, -0.2) is 0 Å². The van der Waals surface area contributed by atoms with Crippen molar-refractivity contribution in [2.24, 2.45) is 5.92 Å². The third-order valence-electron chi connectivity index (χ3n) is 2.90. The lowest BCUT2D eigenvalue weighted by atomic mass is 10.0.